The Labute approximate surface area is 116 Å². The van der Waals surface area contributed by atoms with Crippen LogP contribution in [0.2, 0.25) is 0 Å². The minimum atomic E-state index is 0.255. The lowest BCUT2D eigenvalue weighted by Crippen LogP contribution is -2.12. The SMILES string of the molecule is Cc1ccc(C(C)Nc2ccnc(C(N)=S)c2)s1. The molecule has 0 aliphatic carbocycles. The van der Waals surface area contributed by atoms with Gasteiger partial charge in [0, 0.05) is 21.6 Å². The third-order valence-electron chi connectivity index (χ3n) is 2.58. The van der Waals surface area contributed by atoms with Gasteiger partial charge in [0.1, 0.15) is 4.99 Å². The van der Waals surface area contributed by atoms with Gasteiger partial charge < -0.3 is 11.1 Å². The molecule has 94 valence electrons. The van der Waals surface area contributed by atoms with E-state index in [0.29, 0.717) is 10.7 Å². The standard InChI is InChI=1S/C13H15N3S2/c1-8-3-4-12(18-8)9(2)16-10-5-6-15-11(7-10)13(14)17/h3-7,9H,1-2H3,(H2,14,17)(H,15,16). The fourth-order valence-corrected chi connectivity index (χ4v) is 2.65. The molecule has 2 rings (SSSR count). The van der Waals surface area contributed by atoms with Gasteiger partial charge in [0.05, 0.1) is 11.7 Å². The highest BCUT2D eigenvalue weighted by atomic mass is 32.1. The van der Waals surface area contributed by atoms with Crippen LogP contribution in [0, 0.1) is 6.92 Å². The van der Waals surface area contributed by atoms with E-state index in [4.69, 9.17) is 18.0 Å². The molecule has 0 aliphatic rings. The van der Waals surface area contributed by atoms with Gasteiger partial charge in [-0.05, 0) is 38.1 Å². The largest absolute Gasteiger partial charge is 0.388 e. The Morgan fingerprint density at radius 2 is 2.22 bits per heavy atom. The molecule has 0 saturated carbocycles. The molecule has 2 heterocycles. The number of anilines is 1. The number of nitrogens with one attached hydrogen (secondary N) is 1. The molecule has 5 heteroatoms. The highest BCUT2D eigenvalue weighted by Crippen LogP contribution is 2.25. The maximum Gasteiger partial charge on any atom is 0.122 e. The maximum atomic E-state index is 5.57. The summed E-state index contributed by atoms with van der Waals surface area (Å²) in [5, 5.41) is 3.42. The van der Waals surface area contributed by atoms with Gasteiger partial charge in [0.15, 0.2) is 0 Å². The van der Waals surface area contributed by atoms with Gasteiger partial charge in [0.2, 0.25) is 0 Å². The summed E-state index contributed by atoms with van der Waals surface area (Å²) < 4.78 is 0. The quantitative estimate of drug-likeness (QED) is 0.842. The number of thiophene rings is 1. The van der Waals surface area contributed by atoms with Crippen molar-refractivity contribution in [1.82, 2.24) is 4.98 Å². The average molecular weight is 277 g/mol. The molecule has 0 fully saturated rings. The van der Waals surface area contributed by atoms with Crippen LogP contribution in [0.5, 0.6) is 0 Å². The van der Waals surface area contributed by atoms with Crippen LogP contribution in [0.4, 0.5) is 5.69 Å². The van der Waals surface area contributed by atoms with Crippen LogP contribution in [0.3, 0.4) is 0 Å². The Bertz CT molecular complexity index is 563. The molecule has 0 saturated heterocycles. The normalized spacial score (nSPS) is 12.1. The smallest absolute Gasteiger partial charge is 0.122 e. The molecule has 0 bridgehead atoms. The van der Waals surface area contributed by atoms with Crippen molar-refractivity contribution in [2.45, 2.75) is 19.9 Å². The number of rotatable bonds is 4. The molecule has 3 nitrogen and oxygen atoms in total. The Kier molecular flexibility index (Phi) is 3.93. The fourth-order valence-electron chi connectivity index (χ4n) is 1.66. The van der Waals surface area contributed by atoms with Crippen molar-refractivity contribution in [3.63, 3.8) is 0 Å². The summed E-state index contributed by atoms with van der Waals surface area (Å²) in [7, 11) is 0. The first-order valence-electron chi connectivity index (χ1n) is 5.65. The number of aryl methyl sites for hydroxylation is 1. The number of pyridine rings is 1. The second kappa shape index (κ2) is 5.46. The first-order chi connectivity index (χ1) is 8.56. The number of thiocarbonyl (C=S) groups is 1. The van der Waals surface area contributed by atoms with Crippen LogP contribution in [-0.2, 0) is 0 Å². The van der Waals surface area contributed by atoms with Crippen LogP contribution in [-0.4, -0.2) is 9.97 Å². The molecule has 0 aliphatic heterocycles. The summed E-state index contributed by atoms with van der Waals surface area (Å²) in [6.45, 7) is 4.24. The number of nitrogens with zero attached hydrogens (tertiary/aromatic N) is 1. The summed E-state index contributed by atoms with van der Waals surface area (Å²) in [4.78, 5) is 7.06. The Morgan fingerprint density at radius 3 is 2.83 bits per heavy atom. The fraction of sp³-hybridized carbons (Fsp3) is 0.231. The zero-order valence-corrected chi connectivity index (χ0v) is 11.9. The van der Waals surface area contributed by atoms with E-state index in [1.54, 1.807) is 17.5 Å². The van der Waals surface area contributed by atoms with Crippen LogP contribution >= 0.6 is 23.6 Å². The molecular formula is C13H15N3S2. The molecule has 1 atom stereocenters. The van der Waals surface area contributed by atoms with Crippen LogP contribution < -0.4 is 11.1 Å². The van der Waals surface area contributed by atoms with Crippen molar-refractivity contribution in [3.05, 3.63) is 45.9 Å². The van der Waals surface area contributed by atoms with Crippen LogP contribution in [0.1, 0.15) is 28.4 Å². The van der Waals surface area contributed by atoms with Crippen molar-refractivity contribution in [2.24, 2.45) is 5.73 Å². The lowest BCUT2D eigenvalue weighted by Gasteiger charge is -2.14. The van der Waals surface area contributed by atoms with Crippen molar-refractivity contribution in [2.75, 3.05) is 5.32 Å². The van der Waals surface area contributed by atoms with Crippen molar-refractivity contribution in [3.8, 4) is 0 Å². The van der Waals surface area contributed by atoms with Crippen molar-refractivity contribution in [1.29, 1.82) is 0 Å². The van der Waals surface area contributed by atoms with E-state index >= 15 is 0 Å². The minimum absolute atomic E-state index is 0.255. The molecule has 2 aromatic heterocycles. The van der Waals surface area contributed by atoms with Gasteiger partial charge in [-0.3, -0.25) is 4.98 Å². The molecular weight excluding hydrogens is 262 g/mol. The number of hydrogen-bond donors (Lipinski definition) is 2. The third kappa shape index (κ3) is 3.05. The zero-order chi connectivity index (χ0) is 13.1. The van der Waals surface area contributed by atoms with E-state index in [0.717, 1.165) is 5.69 Å². The molecule has 0 amide bonds. The summed E-state index contributed by atoms with van der Waals surface area (Å²) in [6, 6.07) is 8.32. The minimum Gasteiger partial charge on any atom is -0.388 e. The average Bonchev–Trinajstić information content (AvgIpc) is 2.76. The third-order valence-corrected chi connectivity index (χ3v) is 3.98. The Morgan fingerprint density at radius 1 is 1.44 bits per heavy atom. The maximum absolute atomic E-state index is 5.57. The highest BCUT2D eigenvalue weighted by molar-refractivity contribution is 7.80. The van der Waals surface area contributed by atoms with Crippen LogP contribution in [0.15, 0.2) is 30.5 Å². The first-order valence-corrected chi connectivity index (χ1v) is 6.87. The molecule has 3 N–H and O–H groups in total. The van der Waals surface area contributed by atoms with E-state index in [2.05, 4.69) is 36.3 Å². The lowest BCUT2D eigenvalue weighted by molar-refractivity contribution is 0.907. The van der Waals surface area contributed by atoms with E-state index in [-0.39, 0.29) is 6.04 Å². The topological polar surface area (TPSA) is 50.9 Å². The first kappa shape index (κ1) is 13.0. The number of nitrogens with two attached hydrogens (primary N) is 1. The molecule has 18 heavy (non-hydrogen) atoms. The molecule has 0 aromatic carbocycles. The van der Waals surface area contributed by atoms with E-state index in [9.17, 15) is 0 Å². The predicted molar refractivity (Wildman–Crippen MR) is 81.2 cm³/mol. The zero-order valence-electron chi connectivity index (χ0n) is 10.3. The van der Waals surface area contributed by atoms with Crippen molar-refractivity contribution < 1.29 is 0 Å². The highest BCUT2D eigenvalue weighted by Gasteiger charge is 2.08. The van der Waals surface area contributed by atoms with Gasteiger partial charge in [-0.1, -0.05) is 12.2 Å². The number of hydrogen-bond acceptors (Lipinski definition) is 4. The summed E-state index contributed by atoms with van der Waals surface area (Å²) >= 11 is 6.72. The summed E-state index contributed by atoms with van der Waals surface area (Å²) in [5.74, 6) is 0. The second-order valence-corrected chi connectivity index (χ2v) is 5.87. The van der Waals surface area contributed by atoms with Gasteiger partial charge in [-0.2, -0.15) is 0 Å². The van der Waals surface area contributed by atoms with Crippen molar-refractivity contribution >= 4 is 34.2 Å². The molecule has 1 unspecified atom stereocenters. The predicted octanol–water partition coefficient (Wildman–Crippen LogP) is 3.26. The van der Waals surface area contributed by atoms with Gasteiger partial charge in [-0.15, -0.1) is 11.3 Å². The summed E-state index contributed by atoms with van der Waals surface area (Å²) in [6.07, 6.45) is 1.71. The number of aromatic nitrogens is 1. The Hall–Kier alpha value is -1.46. The van der Waals surface area contributed by atoms with E-state index in [1.807, 2.05) is 12.1 Å². The monoisotopic (exact) mass is 277 g/mol. The molecule has 2 aromatic rings. The summed E-state index contributed by atoms with van der Waals surface area (Å²) in [5.41, 5.74) is 7.19. The second-order valence-electron chi connectivity index (χ2n) is 4.11. The van der Waals surface area contributed by atoms with E-state index in [1.165, 1.54) is 9.75 Å². The van der Waals surface area contributed by atoms with Gasteiger partial charge in [-0.25, -0.2) is 0 Å². The Balaban J connectivity index is 2.14. The van der Waals surface area contributed by atoms with Gasteiger partial charge in [0.25, 0.3) is 0 Å². The van der Waals surface area contributed by atoms with Gasteiger partial charge >= 0.3 is 0 Å². The molecule has 0 radical (unpaired) electrons. The molecule has 0 spiro atoms. The van der Waals surface area contributed by atoms with E-state index < -0.39 is 0 Å². The lowest BCUT2D eigenvalue weighted by atomic mass is 10.2. The van der Waals surface area contributed by atoms with Crippen LogP contribution in [0.25, 0.3) is 0 Å².